The SMILES string of the molecule is O=C(N[C@@H](Cc1ccc(O)cc1Cc1ccc(F)cc1)C(=O)O)c1cn2ccc(-c3ccc(Cl)cc3)cc2n1. The monoisotopic (exact) mass is 543 g/mol. The number of hydrogen-bond donors (Lipinski definition) is 3. The highest BCUT2D eigenvalue weighted by Gasteiger charge is 2.24. The van der Waals surface area contributed by atoms with Crippen LogP contribution in [0.4, 0.5) is 4.39 Å². The number of halogens is 2. The van der Waals surface area contributed by atoms with Gasteiger partial charge in [-0.15, -0.1) is 0 Å². The number of pyridine rings is 1. The van der Waals surface area contributed by atoms with Crippen molar-refractivity contribution in [3.05, 3.63) is 124 Å². The molecular weight excluding hydrogens is 521 g/mol. The Hall–Kier alpha value is -4.69. The van der Waals surface area contributed by atoms with Crippen molar-refractivity contribution in [3.8, 4) is 16.9 Å². The number of hydrogen-bond acceptors (Lipinski definition) is 4. The predicted molar refractivity (Wildman–Crippen MR) is 146 cm³/mol. The van der Waals surface area contributed by atoms with E-state index in [1.807, 2.05) is 24.3 Å². The fourth-order valence-electron chi connectivity index (χ4n) is 4.36. The van der Waals surface area contributed by atoms with E-state index in [0.29, 0.717) is 28.2 Å². The number of aromatic nitrogens is 2. The van der Waals surface area contributed by atoms with Crippen LogP contribution in [0.2, 0.25) is 5.02 Å². The number of aromatic hydroxyl groups is 1. The first-order valence-corrected chi connectivity index (χ1v) is 12.5. The molecule has 0 spiro atoms. The smallest absolute Gasteiger partial charge is 0.326 e. The summed E-state index contributed by atoms with van der Waals surface area (Å²) in [5.74, 6) is -2.18. The lowest BCUT2D eigenvalue weighted by molar-refractivity contribution is -0.139. The molecule has 39 heavy (non-hydrogen) atoms. The summed E-state index contributed by atoms with van der Waals surface area (Å²) in [6.07, 6.45) is 3.64. The van der Waals surface area contributed by atoms with Gasteiger partial charge in [-0.3, -0.25) is 4.79 Å². The Morgan fingerprint density at radius 2 is 1.69 bits per heavy atom. The molecule has 5 rings (SSSR count). The topological polar surface area (TPSA) is 104 Å². The first kappa shape index (κ1) is 25.9. The minimum Gasteiger partial charge on any atom is -0.508 e. The summed E-state index contributed by atoms with van der Waals surface area (Å²) in [6, 6.07) is 20.4. The molecule has 0 saturated heterocycles. The minimum absolute atomic E-state index is 0.0219. The molecule has 2 aromatic heterocycles. The standard InChI is InChI=1S/C30H23ClFN3O4/c31-23-6-3-19(4-7-23)21-11-12-35-17-27(33-28(35)16-21)29(37)34-26(30(38)39)15-20-5-10-25(36)14-22(20)13-18-1-8-24(32)9-2-18/h1-12,14,16-17,26,36H,13,15H2,(H,34,37)(H,38,39)/t26-/m0/s1. The second-order valence-electron chi connectivity index (χ2n) is 9.14. The minimum atomic E-state index is -1.25. The van der Waals surface area contributed by atoms with Gasteiger partial charge in [0.2, 0.25) is 0 Å². The predicted octanol–water partition coefficient (Wildman–Crippen LogP) is 5.52. The number of carboxylic acid groups (broad SMARTS) is 1. The first-order chi connectivity index (χ1) is 18.7. The van der Waals surface area contributed by atoms with E-state index >= 15 is 0 Å². The number of aliphatic carboxylic acids is 1. The Morgan fingerprint density at radius 1 is 0.949 bits per heavy atom. The van der Waals surface area contributed by atoms with Gasteiger partial charge >= 0.3 is 5.97 Å². The second-order valence-corrected chi connectivity index (χ2v) is 9.58. The first-order valence-electron chi connectivity index (χ1n) is 12.1. The zero-order valence-corrected chi connectivity index (χ0v) is 21.3. The normalized spacial score (nSPS) is 11.8. The Bertz CT molecular complexity index is 1670. The number of benzene rings is 3. The Morgan fingerprint density at radius 3 is 2.41 bits per heavy atom. The van der Waals surface area contributed by atoms with Gasteiger partial charge in [0.1, 0.15) is 28.9 Å². The van der Waals surface area contributed by atoms with Crippen LogP contribution >= 0.6 is 11.6 Å². The summed E-state index contributed by atoms with van der Waals surface area (Å²) in [5.41, 5.74) is 4.53. The van der Waals surface area contributed by atoms with Crippen LogP contribution in [0.5, 0.6) is 5.75 Å². The van der Waals surface area contributed by atoms with Gasteiger partial charge in [0, 0.05) is 23.8 Å². The van der Waals surface area contributed by atoms with E-state index in [2.05, 4.69) is 10.3 Å². The van der Waals surface area contributed by atoms with Gasteiger partial charge in [0.15, 0.2) is 0 Å². The number of phenols is 1. The van der Waals surface area contributed by atoms with E-state index in [-0.39, 0.29) is 23.7 Å². The molecule has 9 heteroatoms. The molecule has 0 aliphatic rings. The molecule has 0 aliphatic heterocycles. The maximum absolute atomic E-state index is 13.3. The summed E-state index contributed by atoms with van der Waals surface area (Å²) in [7, 11) is 0. The van der Waals surface area contributed by atoms with E-state index in [9.17, 15) is 24.2 Å². The molecule has 0 aliphatic carbocycles. The number of carbonyl (C=O) groups excluding carboxylic acids is 1. The zero-order valence-electron chi connectivity index (χ0n) is 20.5. The Balaban J connectivity index is 1.35. The average Bonchev–Trinajstić information content (AvgIpc) is 3.35. The second kappa shape index (κ2) is 11.0. The zero-order chi connectivity index (χ0) is 27.5. The molecular formula is C30H23ClFN3O4. The van der Waals surface area contributed by atoms with E-state index in [1.54, 1.807) is 47.0 Å². The number of fused-ring (bicyclic) bond motifs is 1. The van der Waals surface area contributed by atoms with Gasteiger partial charge in [-0.05, 0) is 82.8 Å². The molecule has 7 nitrogen and oxygen atoms in total. The molecule has 3 N–H and O–H groups in total. The van der Waals surface area contributed by atoms with E-state index in [1.165, 1.54) is 24.4 Å². The molecule has 1 amide bonds. The van der Waals surface area contributed by atoms with Gasteiger partial charge in [-0.2, -0.15) is 0 Å². The number of nitrogens with one attached hydrogen (secondary N) is 1. The molecule has 196 valence electrons. The lowest BCUT2D eigenvalue weighted by Gasteiger charge is -2.17. The lowest BCUT2D eigenvalue weighted by atomic mass is 9.95. The van der Waals surface area contributed by atoms with Crippen molar-refractivity contribution < 1.29 is 24.2 Å². The third-order valence-electron chi connectivity index (χ3n) is 6.40. The molecule has 0 saturated carbocycles. The Kier molecular flexibility index (Phi) is 7.29. The van der Waals surface area contributed by atoms with Crippen LogP contribution in [0.25, 0.3) is 16.8 Å². The number of imidazole rings is 1. The van der Waals surface area contributed by atoms with E-state index < -0.39 is 17.9 Å². The summed E-state index contributed by atoms with van der Waals surface area (Å²) in [5, 5.41) is 23.1. The van der Waals surface area contributed by atoms with Crippen LogP contribution in [-0.4, -0.2) is 37.5 Å². The average molecular weight is 544 g/mol. The van der Waals surface area contributed by atoms with Crippen molar-refractivity contribution in [2.75, 3.05) is 0 Å². The van der Waals surface area contributed by atoms with Crippen LogP contribution in [0.1, 0.15) is 27.2 Å². The molecule has 1 atom stereocenters. The maximum Gasteiger partial charge on any atom is 0.326 e. The van der Waals surface area contributed by atoms with Crippen molar-refractivity contribution in [1.82, 2.24) is 14.7 Å². The van der Waals surface area contributed by atoms with Gasteiger partial charge in [-0.25, -0.2) is 14.2 Å². The molecule has 0 fully saturated rings. The molecule has 2 heterocycles. The van der Waals surface area contributed by atoms with Crippen molar-refractivity contribution in [2.24, 2.45) is 0 Å². The van der Waals surface area contributed by atoms with Gasteiger partial charge in [-0.1, -0.05) is 41.9 Å². The van der Waals surface area contributed by atoms with Gasteiger partial charge in [0.05, 0.1) is 0 Å². The summed E-state index contributed by atoms with van der Waals surface area (Å²) in [6.45, 7) is 0. The van der Waals surface area contributed by atoms with Crippen molar-refractivity contribution in [1.29, 1.82) is 0 Å². The summed E-state index contributed by atoms with van der Waals surface area (Å²) >= 11 is 5.98. The van der Waals surface area contributed by atoms with Gasteiger partial charge < -0.3 is 19.9 Å². The third kappa shape index (κ3) is 6.08. The maximum atomic E-state index is 13.3. The molecule has 0 unspecified atom stereocenters. The molecule has 0 radical (unpaired) electrons. The Labute approximate surface area is 228 Å². The fraction of sp³-hybridized carbons (Fsp3) is 0.100. The number of rotatable bonds is 8. The summed E-state index contributed by atoms with van der Waals surface area (Å²) in [4.78, 5) is 29.5. The van der Waals surface area contributed by atoms with Crippen molar-refractivity contribution in [3.63, 3.8) is 0 Å². The highest BCUT2D eigenvalue weighted by Crippen LogP contribution is 2.24. The highest BCUT2D eigenvalue weighted by atomic mass is 35.5. The molecule has 3 aromatic carbocycles. The van der Waals surface area contributed by atoms with Crippen LogP contribution in [0.3, 0.4) is 0 Å². The number of nitrogens with zero attached hydrogens (tertiary/aromatic N) is 2. The molecule has 0 bridgehead atoms. The van der Waals surface area contributed by atoms with Gasteiger partial charge in [0.25, 0.3) is 5.91 Å². The van der Waals surface area contributed by atoms with Crippen LogP contribution in [0.15, 0.2) is 91.3 Å². The number of carbonyl (C=O) groups is 2. The van der Waals surface area contributed by atoms with Crippen LogP contribution < -0.4 is 5.32 Å². The van der Waals surface area contributed by atoms with E-state index in [4.69, 9.17) is 11.6 Å². The highest BCUT2D eigenvalue weighted by molar-refractivity contribution is 6.30. The lowest BCUT2D eigenvalue weighted by Crippen LogP contribution is -2.42. The third-order valence-corrected chi connectivity index (χ3v) is 6.65. The largest absolute Gasteiger partial charge is 0.508 e. The van der Waals surface area contributed by atoms with Crippen molar-refractivity contribution in [2.45, 2.75) is 18.9 Å². The fourth-order valence-corrected chi connectivity index (χ4v) is 4.49. The van der Waals surface area contributed by atoms with Crippen molar-refractivity contribution >= 4 is 29.1 Å². The van der Waals surface area contributed by atoms with Crippen LogP contribution in [-0.2, 0) is 17.6 Å². The quantitative estimate of drug-likeness (QED) is 0.239. The number of phenolic OH excluding ortho intramolecular Hbond substituents is 1. The number of carboxylic acids is 1. The van der Waals surface area contributed by atoms with E-state index in [0.717, 1.165) is 16.7 Å². The summed E-state index contributed by atoms with van der Waals surface area (Å²) < 4.78 is 15.0. The number of amides is 1. The van der Waals surface area contributed by atoms with Crippen LogP contribution in [0, 0.1) is 5.82 Å². The molecule has 5 aromatic rings.